The molecule has 4 rings (SSSR count). The largest absolute Gasteiger partial charge is 0.496 e. The Morgan fingerprint density at radius 1 is 1.11 bits per heavy atom. The number of carbonyl (C=O) groups excluding carboxylic acids is 1. The highest BCUT2D eigenvalue weighted by atomic mass is 32.2. The van der Waals surface area contributed by atoms with Gasteiger partial charge < -0.3 is 9.15 Å². The van der Waals surface area contributed by atoms with Gasteiger partial charge >= 0.3 is 0 Å². The van der Waals surface area contributed by atoms with E-state index in [2.05, 4.69) is 0 Å². The minimum atomic E-state index is -0.472. The van der Waals surface area contributed by atoms with Gasteiger partial charge in [0.25, 0.3) is 5.69 Å². The molecule has 0 amide bonds. The maximum absolute atomic E-state index is 12.5. The van der Waals surface area contributed by atoms with Crippen molar-refractivity contribution < 1.29 is 18.9 Å². The molecule has 0 bridgehead atoms. The summed E-state index contributed by atoms with van der Waals surface area (Å²) in [5, 5.41) is 11.0. The molecule has 2 heterocycles. The Labute approximate surface area is 158 Å². The first-order chi connectivity index (χ1) is 13.1. The van der Waals surface area contributed by atoms with Gasteiger partial charge in [0.05, 0.1) is 22.5 Å². The molecule has 0 N–H and O–H groups in total. The number of nitrogens with zero attached hydrogens (tertiary/aromatic N) is 1. The van der Waals surface area contributed by atoms with Crippen LogP contribution in [0.5, 0.6) is 5.75 Å². The third-order valence-electron chi connectivity index (χ3n) is 4.13. The molecule has 6 nitrogen and oxygen atoms in total. The van der Waals surface area contributed by atoms with E-state index in [1.54, 1.807) is 24.3 Å². The molecule has 1 aliphatic rings. The number of nitro benzene ring substituents is 1. The molecular weight excluding hydrogens is 366 g/mol. The Morgan fingerprint density at radius 3 is 2.67 bits per heavy atom. The van der Waals surface area contributed by atoms with Crippen LogP contribution in [0.15, 0.2) is 68.8 Å². The number of ether oxygens (including phenoxy) is 1. The van der Waals surface area contributed by atoms with Crippen LogP contribution in [0.2, 0.25) is 0 Å². The molecule has 0 saturated carbocycles. The van der Waals surface area contributed by atoms with Crippen molar-refractivity contribution in [3.8, 4) is 17.1 Å². The summed E-state index contributed by atoms with van der Waals surface area (Å²) in [5.74, 6) is 1.34. The lowest BCUT2D eigenvalue weighted by Gasteiger charge is -2.05. The Kier molecular flexibility index (Phi) is 4.29. The van der Waals surface area contributed by atoms with E-state index in [0.717, 1.165) is 4.90 Å². The summed E-state index contributed by atoms with van der Waals surface area (Å²) in [6.07, 6.45) is 1.68. The normalized spacial score (nSPS) is 14.4. The highest BCUT2D eigenvalue weighted by Crippen LogP contribution is 2.41. The molecule has 1 aliphatic heterocycles. The van der Waals surface area contributed by atoms with Crippen LogP contribution >= 0.6 is 11.8 Å². The standard InChI is InChI=1S/C20H13NO5S/c1-25-16-8-6-12(21(23)24)10-15(16)17-9-7-13(26-17)11-19-20(22)14-4-2-3-5-18(14)27-19/h2-11H,1H3. The predicted octanol–water partition coefficient (Wildman–Crippen LogP) is 5.19. The SMILES string of the molecule is COc1ccc([N+](=O)[O-])cc1-c1ccc(C=C2Sc3ccccc3C2=O)o1. The highest BCUT2D eigenvalue weighted by molar-refractivity contribution is 8.04. The molecule has 0 saturated heterocycles. The summed E-state index contributed by atoms with van der Waals surface area (Å²) < 4.78 is 11.1. The van der Waals surface area contributed by atoms with E-state index in [-0.39, 0.29) is 11.5 Å². The molecule has 0 fully saturated rings. The van der Waals surface area contributed by atoms with Crippen molar-refractivity contribution in [3.05, 3.63) is 80.9 Å². The number of furan rings is 1. The van der Waals surface area contributed by atoms with Gasteiger partial charge in [-0.05, 0) is 36.4 Å². The summed E-state index contributed by atoms with van der Waals surface area (Å²) in [7, 11) is 1.49. The summed E-state index contributed by atoms with van der Waals surface area (Å²) in [5.41, 5.74) is 1.10. The van der Waals surface area contributed by atoms with Crippen LogP contribution in [0.1, 0.15) is 16.1 Å². The highest BCUT2D eigenvalue weighted by Gasteiger charge is 2.25. The fourth-order valence-corrected chi connectivity index (χ4v) is 3.87. The van der Waals surface area contributed by atoms with E-state index in [4.69, 9.17) is 9.15 Å². The molecule has 0 spiro atoms. The molecule has 0 aliphatic carbocycles. The van der Waals surface area contributed by atoms with E-state index in [1.807, 2.05) is 18.2 Å². The molecule has 2 aromatic carbocycles. The van der Waals surface area contributed by atoms with Crippen molar-refractivity contribution in [2.24, 2.45) is 0 Å². The van der Waals surface area contributed by atoms with Gasteiger partial charge in [-0.25, -0.2) is 0 Å². The summed E-state index contributed by atoms with van der Waals surface area (Å²) in [6.45, 7) is 0. The predicted molar refractivity (Wildman–Crippen MR) is 102 cm³/mol. The van der Waals surface area contributed by atoms with Gasteiger partial charge in [-0.1, -0.05) is 23.9 Å². The first-order valence-electron chi connectivity index (χ1n) is 8.03. The monoisotopic (exact) mass is 379 g/mol. The zero-order valence-corrected chi connectivity index (χ0v) is 15.0. The zero-order chi connectivity index (χ0) is 19.0. The van der Waals surface area contributed by atoms with Crippen molar-refractivity contribution in [1.29, 1.82) is 0 Å². The van der Waals surface area contributed by atoms with E-state index >= 15 is 0 Å². The summed E-state index contributed by atoms with van der Waals surface area (Å²) >= 11 is 1.40. The third-order valence-corrected chi connectivity index (χ3v) is 5.23. The molecular formula is C20H13NO5S. The number of thioether (sulfide) groups is 1. The van der Waals surface area contributed by atoms with Gasteiger partial charge in [0.15, 0.2) is 0 Å². The Hall–Kier alpha value is -3.32. The minimum Gasteiger partial charge on any atom is -0.496 e. The van der Waals surface area contributed by atoms with Crippen molar-refractivity contribution in [2.45, 2.75) is 4.90 Å². The van der Waals surface area contributed by atoms with Gasteiger partial charge in [0.1, 0.15) is 17.3 Å². The van der Waals surface area contributed by atoms with Crippen molar-refractivity contribution in [2.75, 3.05) is 7.11 Å². The first kappa shape index (κ1) is 17.1. The van der Waals surface area contributed by atoms with Crippen molar-refractivity contribution in [3.63, 3.8) is 0 Å². The Bertz CT molecular complexity index is 1100. The van der Waals surface area contributed by atoms with E-state index < -0.39 is 4.92 Å². The smallest absolute Gasteiger partial charge is 0.270 e. The topological polar surface area (TPSA) is 82.6 Å². The second kappa shape index (κ2) is 6.77. The second-order valence-corrected chi connectivity index (χ2v) is 6.86. The number of ketones is 1. The van der Waals surface area contributed by atoms with Crippen LogP contribution in [0.25, 0.3) is 17.4 Å². The minimum absolute atomic E-state index is 0.0403. The van der Waals surface area contributed by atoms with E-state index in [9.17, 15) is 14.9 Å². The second-order valence-electron chi connectivity index (χ2n) is 5.78. The van der Waals surface area contributed by atoms with Crippen LogP contribution in [0.4, 0.5) is 5.69 Å². The van der Waals surface area contributed by atoms with Gasteiger partial charge in [0, 0.05) is 22.6 Å². The molecule has 0 atom stereocenters. The van der Waals surface area contributed by atoms with Crippen LogP contribution in [0.3, 0.4) is 0 Å². The number of carbonyl (C=O) groups is 1. The van der Waals surface area contributed by atoms with Gasteiger partial charge in [-0.3, -0.25) is 14.9 Å². The van der Waals surface area contributed by atoms with E-state index in [0.29, 0.717) is 33.3 Å². The fourth-order valence-electron chi connectivity index (χ4n) is 2.84. The zero-order valence-electron chi connectivity index (χ0n) is 14.2. The number of fused-ring (bicyclic) bond motifs is 1. The maximum Gasteiger partial charge on any atom is 0.270 e. The average molecular weight is 379 g/mol. The lowest BCUT2D eigenvalue weighted by atomic mass is 10.1. The number of Topliss-reactive ketones (excluding diaryl/α,β-unsaturated/α-hetero) is 1. The van der Waals surface area contributed by atoms with Crippen molar-refractivity contribution >= 4 is 29.3 Å². The number of hydrogen-bond acceptors (Lipinski definition) is 6. The molecule has 0 unspecified atom stereocenters. The van der Waals surface area contributed by atoms with E-state index in [1.165, 1.54) is 37.1 Å². The molecule has 134 valence electrons. The number of allylic oxidation sites excluding steroid dienone is 1. The van der Waals surface area contributed by atoms with Crippen LogP contribution in [0, 0.1) is 10.1 Å². The van der Waals surface area contributed by atoms with Gasteiger partial charge in [-0.2, -0.15) is 0 Å². The maximum atomic E-state index is 12.5. The third kappa shape index (κ3) is 3.13. The fraction of sp³-hybridized carbons (Fsp3) is 0.0500. The molecule has 7 heteroatoms. The number of rotatable bonds is 4. The average Bonchev–Trinajstić information content (AvgIpc) is 3.27. The van der Waals surface area contributed by atoms with Crippen LogP contribution in [-0.2, 0) is 0 Å². The molecule has 0 radical (unpaired) electrons. The molecule has 1 aromatic heterocycles. The number of non-ortho nitro benzene ring substituents is 1. The van der Waals surface area contributed by atoms with Crippen molar-refractivity contribution in [1.82, 2.24) is 0 Å². The van der Waals surface area contributed by atoms with Crippen LogP contribution < -0.4 is 4.74 Å². The summed E-state index contributed by atoms with van der Waals surface area (Å²) in [4.78, 5) is 24.5. The Balaban J connectivity index is 1.68. The number of nitro groups is 1. The summed E-state index contributed by atoms with van der Waals surface area (Å²) in [6, 6.07) is 15.2. The quantitative estimate of drug-likeness (QED) is 0.352. The van der Waals surface area contributed by atoms with Gasteiger partial charge in [0.2, 0.25) is 5.78 Å². The van der Waals surface area contributed by atoms with Crippen LogP contribution in [-0.4, -0.2) is 17.8 Å². The van der Waals surface area contributed by atoms with Gasteiger partial charge in [-0.15, -0.1) is 0 Å². The lowest BCUT2D eigenvalue weighted by Crippen LogP contribution is -1.93. The number of hydrogen-bond donors (Lipinski definition) is 0. The lowest BCUT2D eigenvalue weighted by molar-refractivity contribution is -0.384. The number of methoxy groups -OCH3 is 1. The number of benzene rings is 2. The Morgan fingerprint density at radius 2 is 1.93 bits per heavy atom. The first-order valence-corrected chi connectivity index (χ1v) is 8.84. The molecule has 27 heavy (non-hydrogen) atoms. The molecule has 3 aromatic rings.